The maximum Gasteiger partial charge on any atom is 0.323 e. The summed E-state index contributed by atoms with van der Waals surface area (Å²) in [5, 5.41) is 10.0. The lowest BCUT2D eigenvalue weighted by atomic mass is 10.1. The minimum atomic E-state index is -3.67. The fraction of sp³-hybridized carbons (Fsp3) is 0.150. The van der Waals surface area contributed by atoms with Crippen molar-refractivity contribution in [2.75, 3.05) is 10.6 Å². The summed E-state index contributed by atoms with van der Waals surface area (Å²) in [6.07, 6.45) is 1.67. The number of carbonyl (C=O) groups excluding carboxylic acids is 1. The van der Waals surface area contributed by atoms with Crippen LogP contribution >= 0.6 is 34.5 Å². The van der Waals surface area contributed by atoms with Gasteiger partial charge < -0.3 is 10.6 Å². The predicted octanol–water partition coefficient (Wildman–Crippen LogP) is 5.81. The summed E-state index contributed by atoms with van der Waals surface area (Å²) in [7, 11) is -3.67. The fourth-order valence-electron chi connectivity index (χ4n) is 2.86. The molecule has 1 fully saturated rings. The molecule has 3 N–H and O–H groups in total. The number of amides is 2. The predicted molar refractivity (Wildman–Crippen MR) is 122 cm³/mol. The number of hydrogen-bond acceptors (Lipinski definition) is 4. The van der Waals surface area contributed by atoms with Gasteiger partial charge in [-0.1, -0.05) is 29.3 Å². The fourth-order valence-corrected chi connectivity index (χ4v) is 5.38. The Balaban J connectivity index is 1.63. The van der Waals surface area contributed by atoms with Gasteiger partial charge in [-0.15, -0.1) is 0 Å². The van der Waals surface area contributed by atoms with Gasteiger partial charge in [0, 0.05) is 27.3 Å². The minimum absolute atomic E-state index is 0.0150. The molecule has 156 valence electrons. The Labute approximate surface area is 188 Å². The van der Waals surface area contributed by atoms with Crippen LogP contribution < -0.4 is 15.4 Å². The highest BCUT2D eigenvalue weighted by molar-refractivity contribution is 7.89. The van der Waals surface area contributed by atoms with Crippen LogP contribution in [0.2, 0.25) is 10.0 Å². The monoisotopic (exact) mass is 481 g/mol. The van der Waals surface area contributed by atoms with Crippen LogP contribution in [0.15, 0.2) is 58.1 Å². The van der Waals surface area contributed by atoms with Crippen molar-refractivity contribution in [2.45, 2.75) is 23.8 Å². The van der Waals surface area contributed by atoms with E-state index in [1.165, 1.54) is 23.5 Å². The van der Waals surface area contributed by atoms with Gasteiger partial charge in [0.25, 0.3) is 0 Å². The molecule has 30 heavy (non-hydrogen) atoms. The summed E-state index contributed by atoms with van der Waals surface area (Å²) >= 11 is 13.5. The first-order chi connectivity index (χ1) is 14.3. The second kappa shape index (κ2) is 8.56. The number of urea groups is 1. The van der Waals surface area contributed by atoms with Crippen LogP contribution in [0.3, 0.4) is 0 Å². The largest absolute Gasteiger partial charge is 0.323 e. The molecular weight excluding hydrogens is 465 g/mol. The van der Waals surface area contributed by atoms with Gasteiger partial charge in [0.1, 0.15) is 0 Å². The zero-order valence-corrected chi connectivity index (χ0v) is 18.6. The van der Waals surface area contributed by atoms with Gasteiger partial charge in [-0.3, -0.25) is 0 Å². The van der Waals surface area contributed by atoms with Gasteiger partial charge in [-0.05, 0) is 65.6 Å². The van der Waals surface area contributed by atoms with Gasteiger partial charge in [0.15, 0.2) is 0 Å². The van der Waals surface area contributed by atoms with Gasteiger partial charge in [-0.2, -0.15) is 11.3 Å². The highest BCUT2D eigenvalue weighted by atomic mass is 35.5. The van der Waals surface area contributed by atoms with Crippen LogP contribution in [0.1, 0.15) is 12.8 Å². The quantitative estimate of drug-likeness (QED) is 0.415. The van der Waals surface area contributed by atoms with E-state index in [4.69, 9.17) is 23.2 Å². The molecule has 0 radical (unpaired) electrons. The molecular formula is C20H17Cl2N3O3S2. The van der Waals surface area contributed by atoms with E-state index in [1.807, 2.05) is 16.8 Å². The number of halogens is 2. The van der Waals surface area contributed by atoms with Crippen molar-refractivity contribution in [3.05, 3.63) is 63.3 Å². The van der Waals surface area contributed by atoms with Crippen LogP contribution in [0.4, 0.5) is 16.2 Å². The molecule has 1 aromatic heterocycles. The molecule has 6 nitrogen and oxygen atoms in total. The molecule has 0 atom stereocenters. The molecule has 4 rings (SSSR count). The van der Waals surface area contributed by atoms with Crippen LogP contribution in [0, 0.1) is 0 Å². The van der Waals surface area contributed by atoms with Crippen molar-refractivity contribution in [2.24, 2.45) is 0 Å². The van der Waals surface area contributed by atoms with Crippen molar-refractivity contribution < 1.29 is 13.2 Å². The average molecular weight is 482 g/mol. The van der Waals surface area contributed by atoms with E-state index >= 15 is 0 Å². The van der Waals surface area contributed by atoms with Crippen LogP contribution in [-0.2, 0) is 10.0 Å². The number of hydrogen-bond donors (Lipinski definition) is 3. The summed E-state index contributed by atoms with van der Waals surface area (Å²) in [4.78, 5) is 12.7. The summed E-state index contributed by atoms with van der Waals surface area (Å²) in [6, 6.07) is 10.7. The highest BCUT2D eigenvalue weighted by Crippen LogP contribution is 2.33. The number of nitrogens with one attached hydrogen (secondary N) is 3. The lowest BCUT2D eigenvalue weighted by molar-refractivity contribution is 0.262. The number of rotatable bonds is 6. The third-order valence-corrected chi connectivity index (χ3v) is 7.04. The lowest BCUT2D eigenvalue weighted by Crippen LogP contribution is -2.26. The van der Waals surface area contributed by atoms with E-state index in [1.54, 1.807) is 24.3 Å². The molecule has 0 bridgehead atoms. The topological polar surface area (TPSA) is 87.3 Å². The van der Waals surface area contributed by atoms with Crippen LogP contribution in [0.25, 0.3) is 11.1 Å². The van der Waals surface area contributed by atoms with E-state index in [-0.39, 0.29) is 10.9 Å². The number of sulfonamides is 1. The van der Waals surface area contributed by atoms with E-state index in [0.29, 0.717) is 27.0 Å². The van der Waals surface area contributed by atoms with Crippen molar-refractivity contribution in [1.82, 2.24) is 4.72 Å². The average Bonchev–Trinajstić information content (AvgIpc) is 3.28. The van der Waals surface area contributed by atoms with Crippen molar-refractivity contribution >= 4 is 62.0 Å². The number of anilines is 2. The lowest BCUT2D eigenvalue weighted by Gasteiger charge is -2.14. The van der Waals surface area contributed by atoms with Crippen LogP contribution in [0.5, 0.6) is 0 Å². The third-order valence-electron chi connectivity index (χ3n) is 4.40. The molecule has 2 amide bonds. The summed E-state index contributed by atoms with van der Waals surface area (Å²) in [5.41, 5.74) is 2.38. The molecule has 0 unspecified atom stereocenters. The smallest absolute Gasteiger partial charge is 0.308 e. The molecule has 0 aliphatic heterocycles. The minimum Gasteiger partial charge on any atom is -0.308 e. The number of benzene rings is 2. The van der Waals surface area contributed by atoms with Gasteiger partial charge in [0.2, 0.25) is 10.0 Å². The van der Waals surface area contributed by atoms with E-state index in [2.05, 4.69) is 15.4 Å². The van der Waals surface area contributed by atoms with Crippen LogP contribution in [-0.4, -0.2) is 20.5 Å². The Bertz CT molecular complexity index is 1170. The Morgan fingerprint density at radius 2 is 1.73 bits per heavy atom. The van der Waals surface area contributed by atoms with Gasteiger partial charge in [-0.25, -0.2) is 17.9 Å². The zero-order valence-electron chi connectivity index (χ0n) is 15.5. The highest BCUT2D eigenvalue weighted by Gasteiger charge is 2.28. The normalized spacial score (nSPS) is 13.8. The number of carbonyl (C=O) groups is 1. The molecule has 1 aliphatic rings. The molecule has 10 heteroatoms. The van der Waals surface area contributed by atoms with E-state index < -0.39 is 16.1 Å². The molecule has 2 aromatic carbocycles. The first kappa shape index (κ1) is 21.1. The third kappa shape index (κ3) is 5.14. The Morgan fingerprint density at radius 1 is 1.00 bits per heavy atom. The van der Waals surface area contributed by atoms with Crippen molar-refractivity contribution in [3.63, 3.8) is 0 Å². The first-order valence-electron chi connectivity index (χ1n) is 9.03. The number of thiophene rings is 1. The first-order valence-corrected chi connectivity index (χ1v) is 12.2. The summed E-state index contributed by atoms with van der Waals surface area (Å²) in [6.45, 7) is 0. The maximum absolute atomic E-state index is 12.6. The van der Waals surface area contributed by atoms with E-state index in [0.717, 1.165) is 18.4 Å². The molecule has 1 aliphatic carbocycles. The summed E-state index contributed by atoms with van der Waals surface area (Å²) in [5.74, 6) is 0. The van der Waals surface area contributed by atoms with E-state index in [9.17, 15) is 13.2 Å². The van der Waals surface area contributed by atoms with Gasteiger partial charge in [0.05, 0.1) is 10.6 Å². The Kier molecular flexibility index (Phi) is 6.04. The molecule has 0 spiro atoms. The van der Waals surface area contributed by atoms with Crippen molar-refractivity contribution in [1.29, 1.82) is 0 Å². The Hall–Kier alpha value is -2.10. The van der Waals surface area contributed by atoms with Crippen molar-refractivity contribution in [3.8, 4) is 11.1 Å². The SMILES string of the molecule is O=C(Nc1cc(Cl)cc(Cl)c1)Nc1cc(S(=O)(=O)NC2CC2)ccc1-c1ccsc1. The molecule has 1 heterocycles. The summed E-state index contributed by atoms with van der Waals surface area (Å²) < 4.78 is 27.9. The molecule has 3 aromatic rings. The maximum atomic E-state index is 12.6. The second-order valence-corrected chi connectivity index (χ2v) is 10.2. The van der Waals surface area contributed by atoms with Gasteiger partial charge >= 0.3 is 6.03 Å². The second-order valence-electron chi connectivity index (χ2n) is 6.85. The molecule has 1 saturated carbocycles. The molecule has 0 saturated heterocycles. The zero-order chi connectivity index (χ0) is 21.3. The Morgan fingerprint density at radius 3 is 2.37 bits per heavy atom. The standard InChI is InChI=1S/C20H17Cl2N3O3S2/c21-13-7-14(22)9-16(8-13)23-20(26)24-19-10-17(30(27,28)25-15-1-2-15)3-4-18(19)12-5-6-29-11-12/h3-11,15,25H,1-2H2,(H2,23,24,26).